The topological polar surface area (TPSA) is 36.7 Å². The molecule has 0 unspecified atom stereocenters. The lowest BCUT2D eigenvalue weighted by molar-refractivity contribution is 1.18. The van der Waals surface area contributed by atoms with E-state index in [0.717, 1.165) is 20.8 Å². The van der Waals surface area contributed by atoms with Gasteiger partial charge in [-0.05, 0) is 31.2 Å². The minimum atomic E-state index is 0.671. The predicted octanol–water partition coefficient (Wildman–Crippen LogP) is 4.57. The molecule has 2 aromatic carbocycles. The number of aromatic nitrogens is 1. The minimum Gasteiger partial charge on any atom is -0.241 e. The fourth-order valence-electron chi connectivity index (χ4n) is 2.02. The number of hydrogen-bond acceptors (Lipinski definition) is 3. The molecule has 3 aromatic rings. The second-order valence-electron chi connectivity index (χ2n) is 4.55. The maximum Gasteiger partial charge on any atom is 0.103 e. The zero-order valence-corrected chi connectivity index (χ0v) is 11.8. The van der Waals surface area contributed by atoms with Crippen LogP contribution in [0.5, 0.6) is 0 Å². The van der Waals surface area contributed by atoms with Gasteiger partial charge in [0.05, 0.1) is 17.1 Å². The van der Waals surface area contributed by atoms with Gasteiger partial charge in [0.1, 0.15) is 5.03 Å². The molecule has 0 spiro atoms. The number of fused-ring (bicyclic) bond motifs is 1. The number of pyridine rings is 1. The van der Waals surface area contributed by atoms with Gasteiger partial charge in [-0.1, -0.05) is 47.7 Å². The van der Waals surface area contributed by atoms with E-state index in [9.17, 15) is 5.26 Å². The molecule has 0 aliphatic rings. The van der Waals surface area contributed by atoms with Crippen LogP contribution in [0, 0.1) is 18.3 Å². The Kier molecular flexibility index (Phi) is 3.41. The van der Waals surface area contributed by atoms with Crippen LogP contribution in [0.4, 0.5) is 0 Å². The van der Waals surface area contributed by atoms with Crippen LogP contribution in [0.1, 0.15) is 11.1 Å². The largest absolute Gasteiger partial charge is 0.241 e. The first-order chi connectivity index (χ1) is 9.76. The second kappa shape index (κ2) is 5.36. The van der Waals surface area contributed by atoms with E-state index in [1.807, 2.05) is 30.3 Å². The Labute approximate surface area is 122 Å². The molecule has 0 atom stereocenters. The van der Waals surface area contributed by atoms with E-state index in [4.69, 9.17) is 0 Å². The van der Waals surface area contributed by atoms with Crippen molar-refractivity contribution in [2.75, 3.05) is 0 Å². The van der Waals surface area contributed by atoms with E-state index in [0.29, 0.717) is 5.56 Å². The first kappa shape index (κ1) is 12.7. The van der Waals surface area contributed by atoms with Crippen molar-refractivity contribution in [3.8, 4) is 6.07 Å². The highest BCUT2D eigenvalue weighted by molar-refractivity contribution is 7.99. The lowest BCUT2D eigenvalue weighted by Gasteiger charge is -2.05. The van der Waals surface area contributed by atoms with Crippen molar-refractivity contribution in [3.05, 3.63) is 65.7 Å². The van der Waals surface area contributed by atoms with Gasteiger partial charge < -0.3 is 0 Å². The maximum absolute atomic E-state index is 9.28. The highest BCUT2D eigenvalue weighted by Crippen LogP contribution is 2.29. The lowest BCUT2D eigenvalue weighted by atomic mass is 10.1. The molecule has 3 heteroatoms. The number of hydrogen-bond donors (Lipinski definition) is 0. The third kappa shape index (κ3) is 2.52. The molecule has 96 valence electrons. The number of benzene rings is 2. The maximum atomic E-state index is 9.28. The molecule has 0 amide bonds. The zero-order valence-electron chi connectivity index (χ0n) is 11.0. The zero-order chi connectivity index (χ0) is 13.9. The summed E-state index contributed by atoms with van der Waals surface area (Å²) in [5.41, 5.74) is 2.77. The van der Waals surface area contributed by atoms with E-state index in [2.05, 4.69) is 42.2 Å². The van der Waals surface area contributed by atoms with Gasteiger partial charge >= 0.3 is 0 Å². The Morgan fingerprint density at radius 1 is 1.05 bits per heavy atom. The van der Waals surface area contributed by atoms with Gasteiger partial charge in [0, 0.05) is 10.3 Å². The van der Waals surface area contributed by atoms with Crippen molar-refractivity contribution < 1.29 is 0 Å². The predicted molar refractivity (Wildman–Crippen MR) is 81.8 cm³/mol. The Morgan fingerprint density at radius 2 is 1.80 bits per heavy atom. The van der Waals surface area contributed by atoms with Gasteiger partial charge in [0.25, 0.3) is 0 Å². The minimum absolute atomic E-state index is 0.671. The van der Waals surface area contributed by atoms with Crippen LogP contribution in [-0.2, 0) is 0 Å². The molecule has 0 fully saturated rings. The van der Waals surface area contributed by atoms with E-state index >= 15 is 0 Å². The van der Waals surface area contributed by atoms with Crippen LogP contribution in [0.2, 0.25) is 0 Å². The van der Waals surface area contributed by atoms with Gasteiger partial charge in [-0.25, -0.2) is 4.98 Å². The van der Waals surface area contributed by atoms with Crippen molar-refractivity contribution in [1.29, 1.82) is 5.26 Å². The molecule has 0 saturated heterocycles. The van der Waals surface area contributed by atoms with E-state index in [1.54, 1.807) is 11.8 Å². The van der Waals surface area contributed by atoms with Gasteiger partial charge in [-0.3, -0.25) is 0 Å². The third-order valence-corrected chi connectivity index (χ3v) is 3.98. The normalized spacial score (nSPS) is 10.4. The van der Waals surface area contributed by atoms with Crippen molar-refractivity contribution >= 4 is 22.7 Å². The molecule has 0 aliphatic carbocycles. The van der Waals surface area contributed by atoms with Crippen LogP contribution in [-0.4, -0.2) is 4.98 Å². The quantitative estimate of drug-likeness (QED) is 0.688. The smallest absolute Gasteiger partial charge is 0.103 e. The summed E-state index contributed by atoms with van der Waals surface area (Å²) < 4.78 is 0. The van der Waals surface area contributed by atoms with Crippen LogP contribution in [0.25, 0.3) is 10.9 Å². The Morgan fingerprint density at radius 3 is 2.55 bits per heavy atom. The number of rotatable bonds is 2. The summed E-state index contributed by atoms with van der Waals surface area (Å²) in [6.45, 7) is 2.07. The number of para-hydroxylation sites is 1. The number of nitrogens with zero attached hydrogens (tertiary/aromatic N) is 2. The van der Waals surface area contributed by atoms with Crippen LogP contribution in [0.15, 0.2) is 64.5 Å². The van der Waals surface area contributed by atoms with Gasteiger partial charge in [-0.2, -0.15) is 5.26 Å². The highest BCUT2D eigenvalue weighted by atomic mass is 32.2. The molecule has 1 heterocycles. The Bertz CT molecular complexity index is 801. The lowest BCUT2D eigenvalue weighted by Crippen LogP contribution is -1.87. The molecular formula is C17H12N2S. The summed E-state index contributed by atoms with van der Waals surface area (Å²) in [5, 5.41) is 11.0. The van der Waals surface area contributed by atoms with E-state index in [-0.39, 0.29) is 0 Å². The summed E-state index contributed by atoms with van der Waals surface area (Å²) in [6.07, 6.45) is 0. The molecule has 0 saturated carbocycles. The molecule has 0 bridgehead atoms. The fraction of sp³-hybridized carbons (Fsp3) is 0.0588. The molecule has 0 radical (unpaired) electrons. The van der Waals surface area contributed by atoms with Gasteiger partial charge in [0.15, 0.2) is 0 Å². The molecule has 0 N–H and O–H groups in total. The third-order valence-electron chi connectivity index (χ3n) is 3.06. The molecule has 1 aromatic heterocycles. The average molecular weight is 276 g/mol. The monoisotopic (exact) mass is 276 g/mol. The molecular weight excluding hydrogens is 264 g/mol. The standard InChI is InChI=1S/C17H12N2S/c1-12-6-8-14(9-7-12)20-17-10-13(11-18)15-4-2-3-5-16(15)19-17/h2-10H,1H3. The van der Waals surface area contributed by atoms with E-state index < -0.39 is 0 Å². The molecule has 3 rings (SSSR count). The molecule has 0 aliphatic heterocycles. The SMILES string of the molecule is Cc1ccc(Sc2cc(C#N)c3ccccc3n2)cc1. The first-order valence-electron chi connectivity index (χ1n) is 6.31. The Hall–Kier alpha value is -2.31. The van der Waals surface area contributed by atoms with Crippen LogP contribution >= 0.6 is 11.8 Å². The summed E-state index contributed by atoms with van der Waals surface area (Å²) >= 11 is 1.58. The van der Waals surface area contributed by atoms with Crippen LogP contribution in [0.3, 0.4) is 0 Å². The summed E-state index contributed by atoms with van der Waals surface area (Å²) in [6, 6.07) is 20.1. The average Bonchev–Trinajstić information content (AvgIpc) is 2.49. The Balaban J connectivity index is 2.04. The molecule has 2 nitrogen and oxygen atoms in total. The summed E-state index contributed by atoms with van der Waals surface area (Å²) in [7, 11) is 0. The second-order valence-corrected chi connectivity index (χ2v) is 5.65. The number of nitriles is 1. The summed E-state index contributed by atoms with van der Waals surface area (Å²) in [4.78, 5) is 5.74. The summed E-state index contributed by atoms with van der Waals surface area (Å²) in [5.74, 6) is 0. The highest BCUT2D eigenvalue weighted by Gasteiger charge is 2.06. The van der Waals surface area contributed by atoms with Gasteiger partial charge in [0.2, 0.25) is 0 Å². The van der Waals surface area contributed by atoms with Crippen LogP contribution < -0.4 is 0 Å². The first-order valence-corrected chi connectivity index (χ1v) is 7.12. The van der Waals surface area contributed by atoms with Crippen molar-refractivity contribution in [1.82, 2.24) is 4.98 Å². The molecule has 20 heavy (non-hydrogen) atoms. The van der Waals surface area contributed by atoms with Crippen molar-refractivity contribution in [2.24, 2.45) is 0 Å². The van der Waals surface area contributed by atoms with Gasteiger partial charge in [-0.15, -0.1) is 0 Å². The van der Waals surface area contributed by atoms with Crippen molar-refractivity contribution in [2.45, 2.75) is 16.8 Å². The van der Waals surface area contributed by atoms with Crippen molar-refractivity contribution in [3.63, 3.8) is 0 Å². The van der Waals surface area contributed by atoms with E-state index in [1.165, 1.54) is 5.56 Å². The number of aryl methyl sites for hydroxylation is 1. The fourth-order valence-corrected chi connectivity index (χ4v) is 2.86.